The molecule has 4 rings (SSSR count). The lowest BCUT2D eigenvalue weighted by molar-refractivity contribution is 1.23. The van der Waals surface area contributed by atoms with Crippen molar-refractivity contribution in [2.24, 2.45) is 20.5 Å². The first-order valence-electron chi connectivity index (χ1n) is 10.1. The molecule has 0 fully saturated rings. The van der Waals surface area contributed by atoms with Gasteiger partial charge in [-0.2, -0.15) is 20.5 Å². The fourth-order valence-electron chi connectivity index (χ4n) is 3.02. The van der Waals surface area contributed by atoms with Gasteiger partial charge in [-0.3, -0.25) is 0 Å². The number of allylic oxidation sites excluding steroid dienone is 1. The van der Waals surface area contributed by atoms with Crippen molar-refractivity contribution in [2.75, 3.05) is 0 Å². The molecular formula is C27H22N4. The Morgan fingerprint density at radius 1 is 0.516 bits per heavy atom. The van der Waals surface area contributed by atoms with E-state index < -0.39 is 0 Å². The molecule has 0 unspecified atom stereocenters. The van der Waals surface area contributed by atoms with E-state index >= 15 is 0 Å². The quantitative estimate of drug-likeness (QED) is 0.228. The Hall–Kier alpha value is -4.18. The topological polar surface area (TPSA) is 49.4 Å². The Labute approximate surface area is 182 Å². The van der Waals surface area contributed by atoms with Crippen LogP contribution >= 0.6 is 0 Å². The molecular weight excluding hydrogens is 380 g/mol. The fraction of sp³-hybridized carbons (Fsp3) is 0.0370. The molecule has 0 atom stereocenters. The fourth-order valence-corrected chi connectivity index (χ4v) is 3.02. The number of hydrogen-bond donors (Lipinski definition) is 0. The molecule has 31 heavy (non-hydrogen) atoms. The van der Waals surface area contributed by atoms with Crippen LogP contribution in [0.4, 0.5) is 22.7 Å². The van der Waals surface area contributed by atoms with Crippen molar-refractivity contribution in [1.29, 1.82) is 0 Å². The second-order valence-electron chi connectivity index (χ2n) is 7.04. The number of azo groups is 2. The number of nitrogens with zero attached hydrogens (tertiary/aromatic N) is 4. The van der Waals surface area contributed by atoms with Crippen LogP contribution in [0.2, 0.25) is 0 Å². The summed E-state index contributed by atoms with van der Waals surface area (Å²) in [4.78, 5) is 0. The predicted octanol–water partition coefficient (Wildman–Crippen LogP) is 9.08. The monoisotopic (exact) mass is 402 g/mol. The van der Waals surface area contributed by atoms with Gasteiger partial charge in [0.15, 0.2) is 0 Å². The van der Waals surface area contributed by atoms with Crippen molar-refractivity contribution >= 4 is 34.4 Å². The van der Waals surface area contributed by atoms with Crippen molar-refractivity contribution in [3.63, 3.8) is 0 Å². The average Bonchev–Trinajstić information content (AvgIpc) is 2.83. The van der Waals surface area contributed by atoms with E-state index in [0.717, 1.165) is 39.4 Å². The molecule has 0 aliphatic carbocycles. The molecule has 4 heteroatoms. The summed E-state index contributed by atoms with van der Waals surface area (Å²) in [6, 6.07) is 35.5. The van der Waals surface area contributed by atoms with Crippen LogP contribution in [0.3, 0.4) is 0 Å². The van der Waals surface area contributed by atoms with Crippen molar-refractivity contribution in [3.05, 3.63) is 120 Å². The Morgan fingerprint density at radius 2 is 1.00 bits per heavy atom. The van der Waals surface area contributed by atoms with E-state index in [1.807, 2.05) is 91.0 Å². The van der Waals surface area contributed by atoms with Gasteiger partial charge in [0, 0.05) is 0 Å². The normalized spacial score (nSPS) is 12.0. The Balaban J connectivity index is 1.46. The lowest BCUT2D eigenvalue weighted by Crippen LogP contribution is -1.80. The van der Waals surface area contributed by atoms with Crippen LogP contribution in [0, 0.1) is 0 Å². The van der Waals surface area contributed by atoms with E-state index in [4.69, 9.17) is 0 Å². The molecule has 0 radical (unpaired) electrons. The molecule has 0 aromatic heterocycles. The molecule has 4 aromatic rings. The molecule has 0 saturated carbocycles. The summed E-state index contributed by atoms with van der Waals surface area (Å²) < 4.78 is 0. The van der Waals surface area contributed by atoms with Gasteiger partial charge in [0.2, 0.25) is 0 Å². The SMILES string of the molecule is C/C(=C/c1cccc(/N=N\c2ccccc2)c1)c1ccc(/N=N/c2ccccc2)cc1. The summed E-state index contributed by atoms with van der Waals surface area (Å²) in [6.07, 6.45) is 2.14. The standard InChI is InChI=1S/C27H22N4/c1-21(23-15-17-26(18-16-23)30-28-24-10-4-2-5-11-24)19-22-9-8-14-27(20-22)31-29-25-12-6-3-7-13-25/h2-20H,1H3/b21-19-,30-28+,31-29-. The molecule has 0 spiro atoms. The van der Waals surface area contributed by atoms with Gasteiger partial charge in [0.1, 0.15) is 0 Å². The zero-order valence-corrected chi connectivity index (χ0v) is 17.3. The van der Waals surface area contributed by atoms with E-state index in [1.54, 1.807) is 0 Å². The van der Waals surface area contributed by atoms with Gasteiger partial charge in [-0.25, -0.2) is 0 Å². The molecule has 0 heterocycles. The third kappa shape index (κ3) is 5.90. The summed E-state index contributed by atoms with van der Waals surface area (Å²) >= 11 is 0. The van der Waals surface area contributed by atoms with Gasteiger partial charge >= 0.3 is 0 Å². The maximum Gasteiger partial charge on any atom is 0.0863 e. The van der Waals surface area contributed by atoms with Crippen LogP contribution in [0.25, 0.3) is 11.6 Å². The van der Waals surface area contributed by atoms with Crippen LogP contribution in [0.15, 0.2) is 130 Å². The minimum Gasteiger partial charge on any atom is -0.151 e. The van der Waals surface area contributed by atoms with Gasteiger partial charge in [-0.15, -0.1) is 0 Å². The first-order chi connectivity index (χ1) is 15.3. The molecule has 0 saturated heterocycles. The van der Waals surface area contributed by atoms with Crippen LogP contribution in [-0.4, -0.2) is 0 Å². The molecule has 4 aromatic carbocycles. The molecule has 4 nitrogen and oxygen atoms in total. The molecule has 0 bridgehead atoms. The molecule has 0 amide bonds. The summed E-state index contributed by atoms with van der Waals surface area (Å²) in [7, 11) is 0. The van der Waals surface area contributed by atoms with E-state index in [0.29, 0.717) is 0 Å². The predicted molar refractivity (Wildman–Crippen MR) is 128 cm³/mol. The first-order valence-corrected chi connectivity index (χ1v) is 10.1. The summed E-state index contributed by atoms with van der Waals surface area (Å²) in [6.45, 7) is 2.10. The summed E-state index contributed by atoms with van der Waals surface area (Å²) in [5.41, 5.74) is 6.69. The maximum absolute atomic E-state index is 4.35. The zero-order valence-electron chi connectivity index (χ0n) is 17.3. The Bertz CT molecular complexity index is 1210. The van der Waals surface area contributed by atoms with Gasteiger partial charge in [-0.05, 0) is 72.2 Å². The van der Waals surface area contributed by atoms with Gasteiger partial charge < -0.3 is 0 Å². The highest BCUT2D eigenvalue weighted by Crippen LogP contribution is 2.25. The number of benzene rings is 4. The van der Waals surface area contributed by atoms with Crippen LogP contribution in [0.1, 0.15) is 18.1 Å². The van der Waals surface area contributed by atoms with Crippen LogP contribution in [0.5, 0.6) is 0 Å². The largest absolute Gasteiger partial charge is 0.151 e. The van der Waals surface area contributed by atoms with Gasteiger partial charge in [0.25, 0.3) is 0 Å². The van der Waals surface area contributed by atoms with E-state index in [2.05, 4.69) is 51.7 Å². The van der Waals surface area contributed by atoms with Crippen LogP contribution < -0.4 is 0 Å². The van der Waals surface area contributed by atoms with E-state index in [1.165, 1.54) is 0 Å². The summed E-state index contributed by atoms with van der Waals surface area (Å²) in [5, 5.41) is 17.2. The second-order valence-corrected chi connectivity index (χ2v) is 7.04. The first kappa shape index (κ1) is 20.1. The molecule has 0 aliphatic rings. The van der Waals surface area contributed by atoms with Gasteiger partial charge in [0.05, 0.1) is 22.7 Å². The number of rotatable bonds is 6. The highest BCUT2D eigenvalue weighted by atomic mass is 15.1. The van der Waals surface area contributed by atoms with Crippen molar-refractivity contribution in [2.45, 2.75) is 6.92 Å². The Kier molecular flexibility index (Phi) is 6.51. The summed E-state index contributed by atoms with van der Waals surface area (Å²) in [5.74, 6) is 0. The van der Waals surface area contributed by atoms with Crippen molar-refractivity contribution in [1.82, 2.24) is 0 Å². The molecule has 0 aliphatic heterocycles. The van der Waals surface area contributed by atoms with Crippen molar-refractivity contribution in [3.8, 4) is 0 Å². The smallest absolute Gasteiger partial charge is 0.0863 e. The minimum atomic E-state index is 0.821. The highest BCUT2D eigenvalue weighted by Gasteiger charge is 1.99. The minimum absolute atomic E-state index is 0.821. The van der Waals surface area contributed by atoms with Crippen LogP contribution in [-0.2, 0) is 0 Å². The van der Waals surface area contributed by atoms with Gasteiger partial charge in [-0.1, -0.05) is 66.7 Å². The lowest BCUT2D eigenvalue weighted by Gasteiger charge is -2.03. The average molecular weight is 403 g/mol. The maximum atomic E-state index is 4.35. The third-order valence-corrected chi connectivity index (χ3v) is 4.65. The number of hydrogen-bond acceptors (Lipinski definition) is 4. The highest BCUT2D eigenvalue weighted by molar-refractivity contribution is 5.81. The third-order valence-electron chi connectivity index (χ3n) is 4.65. The van der Waals surface area contributed by atoms with E-state index in [-0.39, 0.29) is 0 Å². The van der Waals surface area contributed by atoms with E-state index in [9.17, 15) is 0 Å². The lowest BCUT2D eigenvalue weighted by atomic mass is 10.0. The molecule has 0 N–H and O–H groups in total. The second kappa shape index (κ2) is 10.0. The zero-order chi connectivity index (χ0) is 21.3. The van der Waals surface area contributed by atoms with Crippen molar-refractivity contribution < 1.29 is 0 Å². The Morgan fingerprint density at radius 3 is 1.58 bits per heavy atom. The molecule has 150 valence electrons.